The zero-order valence-corrected chi connectivity index (χ0v) is 40.3. The Morgan fingerprint density at radius 3 is 0.929 bits per heavy atom. The van der Waals surface area contributed by atoms with Gasteiger partial charge in [-0.3, -0.25) is 4.98 Å². The first-order valence-corrected chi connectivity index (χ1v) is 24.1. The predicted octanol–water partition coefficient (Wildman–Crippen LogP) is 17.3. The molecular formula is C66H50N4. The number of aromatic nitrogens is 3. The van der Waals surface area contributed by atoms with Crippen molar-refractivity contribution in [1.29, 1.82) is 5.26 Å². The number of nitriles is 1. The molecule has 334 valence electrons. The van der Waals surface area contributed by atoms with Crippen LogP contribution in [0.15, 0.2) is 194 Å². The van der Waals surface area contributed by atoms with E-state index in [1.807, 2.05) is 0 Å². The Morgan fingerprint density at radius 2 is 0.643 bits per heavy atom. The van der Waals surface area contributed by atoms with Crippen LogP contribution in [0.4, 0.5) is 0 Å². The molecule has 0 aliphatic rings. The first-order chi connectivity index (χ1) is 34.1. The summed E-state index contributed by atoms with van der Waals surface area (Å²) >= 11 is 0. The summed E-state index contributed by atoms with van der Waals surface area (Å²) in [6.07, 6.45) is 0. The fraction of sp³-hybridized carbons (Fsp3) is 0.0909. The lowest BCUT2D eigenvalue weighted by Gasteiger charge is -2.22. The van der Waals surface area contributed by atoms with Gasteiger partial charge in [-0.25, -0.2) is 0 Å². The van der Waals surface area contributed by atoms with Crippen molar-refractivity contribution in [3.63, 3.8) is 0 Å². The average molecular weight is 899 g/mol. The monoisotopic (exact) mass is 898 g/mol. The van der Waals surface area contributed by atoms with E-state index < -0.39 is 0 Å². The second-order valence-electron chi connectivity index (χ2n) is 19.0. The van der Waals surface area contributed by atoms with Crippen molar-refractivity contribution in [3.8, 4) is 73.1 Å². The van der Waals surface area contributed by atoms with E-state index in [1.54, 1.807) is 0 Å². The number of fused-ring (bicyclic) bond motifs is 6. The van der Waals surface area contributed by atoms with Crippen LogP contribution < -0.4 is 0 Å². The van der Waals surface area contributed by atoms with Gasteiger partial charge in [0.1, 0.15) is 0 Å². The van der Waals surface area contributed by atoms with Gasteiger partial charge in [0.25, 0.3) is 0 Å². The molecule has 9 aromatic carbocycles. The van der Waals surface area contributed by atoms with Gasteiger partial charge in [-0.2, -0.15) is 5.26 Å². The van der Waals surface area contributed by atoms with Crippen LogP contribution in [-0.2, 0) is 0 Å². The molecule has 4 nitrogen and oxygen atoms in total. The van der Waals surface area contributed by atoms with Gasteiger partial charge in [-0.1, -0.05) is 146 Å². The molecule has 0 amide bonds. The van der Waals surface area contributed by atoms with Crippen LogP contribution in [0.2, 0.25) is 0 Å². The summed E-state index contributed by atoms with van der Waals surface area (Å²) in [7, 11) is 0. The topological polar surface area (TPSA) is 46.5 Å². The van der Waals surface area contributed by atoms with Crippen LogP contribution in [0.1, 0.15) is 39.2 Å². The number of rotatable bonds is 7. The third-order valence-electron chi connectivity index (χ3n) is 14.4. The highest BCUT2D eigenvalue weighted by molar-refractivity contribution is 6.14. The van der Waals surface area contributed by atoms with Crippen molar-refractivity contribution in [1.82, 2.24) is 14.1 Å². The summed E-state index contributed by atoms with van der Waals surface area (Å²) in [5.41, 5.74) is 24.7. The molecule has 0 aliphatic heterocycles. The molecular weight excluding hydrogens is 849 g/mol. The zero-order chi connectivity index (χ0) is 47.8. The maximum atomic E-state index is 11.3. The first-order valence-electron chi connectivity index (χ1n) is 24.1. The number of pyridine rings is 1. The Kier molecular flexibility index (Phi) is 10.2. The summed E-state index contributed by atoms with van der Waals surface area (Å²) in [6.45, 7) is 12.9. The Morgan fingerprint density at radius 1 is 0.343 bits per heavy atom. The van der Waals surface area contributed by atoms with Gasteiger partial charge in [0, 0.05) is 38.5 Å². The van der Waals surface area contributed by atoms with Crippen molar-refractivity contribution < 1.29 is 0 Å². The normalized spacial score (nSPS) is 11.6. The molecule has 0 radical (unpaired) electrons. The Labute approximate surface area is 409 Å². The summed E-state index contributed by atoms with van der Waals surface area (Å²) < 4.78 is 4.87. The van der Waals surface area contributed by atoms with Gasteiger partial charge in [-0.05, 0) is 162 Å². The standard InChI is InChI=1S/C66H50N4/c1-40-15-7-11-19-52(40)47-23-27-56-57-28-24-48(53-20-12-8-16-41(53)2)36-61(57)69(60(56)35-47)64-33-46(39-67)34-65(66(64)51-31-44(5)68-45(6)32-51)70-62-37-49(54-21-13-9-17-42(54)3)25-29-58(62)59-30-26-50(38-63(59)70)55-22-14-10-18-43(55)4/h7-38H,1-6H3. The van der Waals surface area contributed by atoms with Crippen molar-refractivity contribution >= 4 is 43.6 Å². The van der Waals surface area contributed by atoms with E-state index in [9.17, 15) is 5.26 Å². The van der Waals surface area contributed by atoms with E-state index in [1.165, 1.54) is 44.5 Å². The van der Waals surface area contributed by atoms with Crippen LogP contribution in [0.3, 0.4) is 0 Å². The van der Waals surface area contributed by atoms with E-state index in [0.29, 0.717) is 5.56 Å². The van der Waals surface area contributed by atoms with Crippen molar-refractivity contribution in [3.05, 3.63) is 233 Å². The van der Waals surface area contributed by atoms with Gasteiger partial charge in [0.2, 0.25) is 0 Å². The third-order valence-corrected chi connectivity index (χ3v) is 14.4. The van der Waals surface area contributed by atoms with Crippen LogP contribution in [-0.4, -0.2) is 14.1 Å². The molecule has 0 saturated carbocycles. The first kappa shape index (κ1) is 42.6. The molecule has 4 heteroatoms. The van der Waals surface area contributed by atoms with Crippen molar-refractivity contribution in [2.24, 2.45) is 0 Å². The van der Waals surface area contributed by atoms with E-state index in [2.05, 4.69) is 251 Å². The zero-order valence-electron chi connectivity index (χ0n) is 40.3. The Balaban J connectivity index is 1.27. The molecule has 0 N–H and O–H groups in total. The lowest BCUT2D eigenvalue weighted by Crippen LogP contribution is -2.06. The van der Waals surface area contributed by atoms with E-state index >= 15 is 0 Å². The second kappa shape index (κ2) is 16.8. The maximum Gasteiger partial charge on any atom is 0.0993 e. The molecule has 0 aliphatic carbocycles. The largest absolute Gasteiger partial charge is 0.308 e. The predicted molar refractivity (Wildman–Crippen MR) is 293 cm³/mol. The number of hydrogen-bond donors (Lipinski definition) is 0. The highest BCUT2D eigenvalue weighted by Gasteiger charge is 2.25. The van der Waals surface area contributed by atoms with Crippen molar-refractivity contribution in [2.45, 2.75) is 41.5 Å². The molecule has 0 unspecified atom stereocenters. The highest BCUT2D eigenvalue weighted by atomic mass is 15.0. The highest BCUT2D eigenvalue weighted by Crippen LogP contribution is 2.46. The Bertz CT molecular complexity index is 3690. The summed E-state index contributed by atoms with van der Waals surface area (Å²) in [5.74, 6) is 0. The molecule has 0 saturated heterocycles. The fourth-order valence-electron chi connectivity index (χ4n) is 11.1. The number of hydrogen-bond acceptors (Lipinski definition) is 2. The van der Waals surface area contributed by atoms with Gasteiger partial charge in [0.15, 0.2) is 0 Å². The summed E-state index contributed by atoms with van der Waals surface area (Å²) in [4.78, 5) is 4.93. The molecule has 12 aromatic rings. The van der Waals surface area contributed by atoms with Crippen LogP contribution in [0.25, 0.3) is 111 Å². The lowest BCUT2D eigenvalue weighted by molar-refractivity contribution is 1.11. The second-order valence-corrected chi connectivity index (χ2v) is 19.0. The minimum absolute atomic E-state index is 0.566. The quantitative estimate of drug-likeness (QED) is 0.160. The molecule has 0 bridgehead atoms. The van der Waals surface area contributed by atoms with Crippen LogP contribution in [0.5, 0.6) is 0 Å². The molecule has 0 fully saturated rings. The van der Waals surface area contributed by atoms with Gasteiger partial charge in [-0.15, -0.1) is 0 Å². The average Bonchev–Trinajstić information content (AvgIpc) is 3.87. The molecule has 12 rings (SSSR count). The fourth-order valence-corrected chi connectivity index (χ4v) is 11.1. The van der Waals surface area contributed by atoms with Crippen LogP contribution >= 0.6 is 0 Å². The van der Waals surface area contributed by atoms with Crippen LogP contribution in [0, 0.1) is 52.9 Å². The minimum atomic E-state index is 0.566. The van der Waals surface area contributed by atoms with E-state index in [4.69, 9.17) is 4.98 Å². The molecule has 70 heavy (non-hydrogen) atoms. The number of nitrogens with zero attached hydrogens (tertiary/aromatic N) is 4. The van der Waals surface area contributed by atoms with Crippen molar-refractivity contribution in [2.75, 3.05) is 0 Å². The van der Waals surface area contributed by atoms with E-state index in [0.717, 1.165) is 99.8 Å². The summed E-state index contributed by atoms with van der Waals surface area (Å²) in [5, 5.41) is 15.9. The summed E-state index contributed by atoms with van der Waals surface area (Å²) in [6, 6.07) is 73.3. The molecule has 3 aromatic heterocycles. The molecule has 0 atom stereocenters. The smallest absolute Gasteiger partial charge is 0.0993 e. The minimum Gasteiger partial charge on any atom is -0.308 e. The third kappa shape index (κ3) is 7.01. The molecule has 0 spiro atoms. The number of aryl methyl sites for hydroxylation is 6. The lowest BCUT2D eigenvalue weighted by atomic mass is 9.96. The Hall–Kier alpha value is -8.78. The van der Waals surface area contributed by atoms with Gasteiger partial charge >= 0.3 is 0 Å². The number of benzene rings is 9. The van der Waals surface area contributed by atoms with Gasteiger partial charge in [0.05, 0.1) is 45.1 Å². The van der Waals surface area contributed by atoms with Gasteiger partial charge < -0.3 is 9.13 Å². The maximum absolute atomic E-state index is 11.3. The molecule has 3 heterocycles. The van der Waals surface area contributed by atoms with E-state index in [-0.39, 0.29) is 0 Å². The SMILES string of the molecule is Cc1cc(-c2c(-n3c4cc(-c5ccccc5C)ccc4c4ccc(-c5ccccc5C)cc43)cc(C#N)cc2-n2c3cc(-c4ccccc4C)ccc3c3ccc(-c4ccccc4C)cc32)cc(C)n1.